The zero-order valence-corrected chi connectivity index (χ0v) is 11.8. The maximum absolute atomic E-state index is 12.0. The zero-order valence-electron chi connectivity index (χ0n) is 11.0. The highest BCUT2D eigenvalue weighted by Gasteiger charge is 2.49. The quantitative estimate of drug-likeness (QED) is 0.558. The lowest BCUT2D eigenvalue weighted by Gasteiger charge is -2.26. The molecule has 1 saturated carbocycles. The van der Waals surface area contributed by atoms with Gasteiger partial charge in [0.05, 0.1) is 6.61 Å². The van der Waals surface area contributed by atoms with Crippen molar-refractivity contribution >= 4 is 17.7 Å². The van der Waals surface area contributed by atoms with Gasteiger partial charge in [0, 0.05) is 12.8 Å². The number of hydrogen-bond donors (Lipinski definition) is 2. The molecule has 0 amide bonds. The number of aromatic amines is 1. The van der Waals surface area contributed by atoms with Gasteiger partial charge in [-0.25, -0.2) is 9.89 Å². The van der Waals surface area contributed by atoms with E-state index in [0.29, 0.717) is 17.5 Å². The van der Waals surface area contributed by atoms with E-state index in [2.05, 4.69) is 10.2 Å². The number of aromatic nitrogens is 3. The Balaban J connectivity index is 2.07. The van der Waals surface area contributed by atoms with Gasteiger partial charge in [-0.2, -0.15) is 0 Å². The lowest BCUT2D eigenvalue weighted by Crippen LogP contribution is -2.53. The molecule has 2 rings (SSSR count). The van der Waals surface area contributed by atoms with Gasteiger partial charge in [-0.1, -0.05) is 11.8 Å². The Morgan fingerprint density at radius 2 is 2.37 bits per heavy atom. The Bertz CT molecular complexity index is 522. The number of carbonyl (C=O) groups is 1. The molecule has 0 spiro atoms. The summed E-state index contributed by atoms with van der Waals surface area (Å²) < 4.78 is 6.45. The van der Waals surface area contributed by atoms with Crippen molar-refractivity contribution in [2.75, 3.05) is 12.4 Å². The molecule has 0 aromatic carbocycles. The van der Waals surface area contributed by atoms with Crippen LogP contribution in [0.1, 0.15) is 19.8 Å². The van der Waals surface area contributed by atoms with Crippen LogP contribution < -0.4 is 11.4 Å². The summed E-state index contributed by atoms with van der Waals surface area (Å²) in [5.74, 6) is 0.148. The first-order valence-electron chi connectivity index (χ1n) is 6.19. The third-order valence-electron chi connectivity index (χ3n) is 3.24. The van der Waals surface area contributed by atoms with Crippen LogP contribution in [0.2, 0.25) is 0 Å². The fourth-order valence-electron chi connectivity index (χ4n) is 1.85. The van der Waals surface area contributed by atoms with Crippen LogP contribution in [0.15, 0.2) is 9.95 Å². The normalized spacial score (nSPS) is 18.1. The third-order valence-corrected chi connectivity index (χ3v) is 4.49. The van der Waals surface area contributed by atoms with Crippen LogP contribution in [-0.2, 0) is 16.6 Å². The molecule has 1 aliphatic rings. The number of nitrogens with two attached hydrogens (primary N) is 1. The second-order valence-electron chi connectivity index (χ2n) is 4.69. The molecule has 1 atom stereocenters. The van der Waals surface area contributed by atoms with Gasteiger partial charge < -0.3 is 10.5 Å². The second-order valence-corrected chi connectivity index (χ2v) is 5.64. The van der Waals surface area contributed by atoms with E-state index in [0.717, 1.165) is 12.8 Å². The van der Waals surface area contributed by atoms with Crippen LogP contribution in [0.5, 0.6) is 0 Å². The smallest absolute Gasteiger partial charge is 0.343 e. The molecular formula is C11H18N4O3S. The molecule has 0 radical (unpaired) electrons. The average Bonchev–Trinajstić information content (AvgIpc) is 3.18. The number of esters is 1. The SMILES string of the molecule is CCOC(=O)C(N)(CSc1n[nH]c(=O)n1C)C1CC1. The largest absolute Gasteiger partial charge is 0.465 e. The molecule has 1 fully saturated rings. The van der Waals surface area contributed by atoms with Crippen LogP contribution in [0.4, 0.5) is 0 Å². The molecule has 19 heavy (non-hydrogen) atoms. The predicted molar refractivity (Wildman–Crippen MR) is 70.8 cm³/mol. The van der Waals surface area contributed by atoms with Gasteiger partial charge in [-0.05, 0) is 25.7 Å². The summed E-state index contributed by atoms with van der Waals surface area (Å²) in [6, 6.07) is 0. The van der Waals surface area contributed by atoms with E-state index in [1.54, 1.807) is 14.0 Å². The highest BCUT2D eigenvalue weighted by atomic mass is 32.2. The van der Waals surface area contributed by atoms with Gasteiger partial charge in [-0.3, -0.25) is 9.36 Å². The number of nitrogens with zero attached hydrogens (tertiary/aromatic N) is 2. The van der Waals surface area contributed by atoms with Crippen molar-refractivity contribution in [3.63, 3.8) is 0 Å². The Hall–Kier alpha value is -1.28. The lowest BCUT2D eigenvalue weighted by atomic mass is 9.97. The van der Waals surface area contributed by atoms with E-state index in [-0.39, 0.29) is 17.6 Å². The molecule has 1 aromatic heterocycles. The molecule has 1 aliphatic carbocycles. The van der Waals surface area contributed by atoms with Gasteiger partial charge in [0.2, 0.25) is 0 Å². The molecule has 0 bridgehead atoms. The van der Waals surface area contributed by atoms with Crippen molar-refractivity contribution in [2.45, 2.75) is 30.5 Å². The van der Waals surface area contributed by atoms with E-state index in [9.17, 15) is 9.59 Å². The monoisotopic (exact) mass is 286 g/mol. The average molecular weight is 286 g/mol. The first kappa shape index (κ1) is 14.1. The number of ether oxygens (including phenoxy) is 1. The summed E-state index contributed by atoms with van der Waals surface area (Å²) in [5.41, 5.74) is 4.94. The molecule has 1 unspecified atom stereocenters. The molecule has 0 aliphatic heterocycles. The third kappa shape index (κ3) is 2.84. The highest BCUT2D eigenvalue weighted by molar-refractivity contribution is 7.99. The summed E-state index contributed by atoms with van der Waals surface area (Å²) in [5, 5.41) is 6.75. The van der Waals surface area contributed by atoms with E-state index in [1.165, 1.54) is 16.3 Å². The predicted octanol–water partition coefficient (Wildman–Crippen LogP) is -0.129. The maximum atomic E-state index is 12.0. The van der Waals surface area contributed by atoms with Crippen molar-refractivity contribution in [3.8, 4) is 0 Å². The van der Waals surface area contributed by atoms with E-state index >= 15 is 0 Å². The van der Waals surface area contributed by atoms with Crippen molar-refractivity contribution < 1.29 is 9.53 Å². The van der Waals surface area contributed by atoms with Crippen LogP contribution >= 0.6 is 11.8 Å². The molecule has 106 valence electrons. The number of H-pyrrole nitrogens is 1. The summed E-state index contributed by atoms with van der Waals surface area (Å²) in [7, 11) is 1.62. The fraction of sp³-hybridized carbons (Fsp3) is 0.727. The van der Waals surface area contributed by atoms with Crippen molar-refractivity contribution in [1.29, 1.82) is 0 Å². The molecular weight excluding hydrogens is 268 g/mol. The Morgan fingerprint density at radius 1 is 1.68 bits per heavy atom. The summed E-state index contributed by atoms with van der Waals surface area (Å²) in [6.07, 6.45) is 1.88. The van der Waals surface area contributed by atoms with Crippen molar-refractivity contribution in [3.05, 3.63) is 10.5 Å². The minimum Gasteiger partial charge on any atom is -0.465 e. The minimum absolute atomic E-state index is 0.162. The first-order chi connectivity index (χ1) is 8.99. The van der Waals surface area contributed by atoms with Gasteiger partial charge in [-0.15, -0.1) is 5.10 Å². The lowest BCUT2D eigenvalue weighted by molar-refractivity contribution is -0.149. The fourth-order valence-corrected chi connectivity index (χ4v) is 2.96. The Kier molecular flexibility index (Phi) is 4.00. The minimum atomic E-state index is -0.990. The number of thioether (sulfide) groups is 1. The standard InChI is InChI=1S/C11H18N4O3S/c1-3-18-8(16)11(12,7-4-5-7)6-19-10-14-13-9(17)15(10)2/h7H,3-6,12H2,1-2H3,(H,13,17). The summed E-state index contributed by atoms with van der Waals surface area (Å²) in [6.45, 7) is 2.08. The number of carbonyl (C=O) groups excluding carboxylic acids is 1. The molecule has 3 N–H and O–H groups in total. The zero-order chi connectivity index (χ0) is 14.0. The van der Waals surface area contributed by atoms with Crippen LogP contribution in [-0.4, -0.2) is 38.6 Å². The second kappa shape index (κ2) is 5.38. The van der Waals surface area contributed by atoms with Gasteiger partial charge in [0.25, 0.3) is 0 Å². The van der Waals surface area contributed by atoms with Crippen LogP contribution in [0.25, 0.3) is 0 Å². The summed E-state index contributed by atoms with van der Waals surface area (Å²) in [4.78, 5) is 23.3. The van der Waals surface area contributed by atoms with Gasteiger partial charge in [0.15, 0.2) is 5.16 Å². The van der Waals surface area contributed by atoms with Gasteiger partial charge >= 0.3 is 11.7 Å². The maximum Gasteiger partial charge on any atom is 0.343 e. The van der Waals surface area contributed by atoms with Crippen LogP contribution in [0, 0.1) is 5.92 Å². The molecule has 8 heteroatoms. The molecule has 7 nitrogen and oxygen atoms in total. The van der Waals surface area contributed by atoms with Crippen molar-refractivity contribution in [1.82, 2.24) is 14.8 Å². The van der Waals surface area contributed by atoms with Gasteiger partial charge in [0.1, 0.15) is 5.54 Å². The van der Waals surface area contributed by atoms with E-state index in [4.69, 9.17) is 10.5 Å². The van der Waals surface area contributed by atoms with E-state index in [1.807, 2.05) is 0 Å². The molecule has 1 aromatic rings. The number of rotatable bonds is 6. The highest BCUT2D eigenvalue weighted by Crippen LogP contribution is 2.41. The summed E-state index contributed by atoms with van der Waals surface area (Å²) >= 11 is 1.29. The Morgan fingerprint density at radius 3 is 2.84 bits per heavy atom. The topological polar surface area (TPSA) is 103 Å². The number of hydrogen-bond acceptors (Lipinski definition) is 6. The molecule has 1 heterocycles. The van der Waals surface area contributed by atoms with E-state index < -0.39 is 5.54 Å². The van der Waals surface area contributed by atoms with Crippen molar-refractivity contribution in [2.24, 2.45) is 18.7 Å². The first-order valence-corrected chi connectivity index (χ1v) is 7.18. The van der Waals surface area contributed by atoms with Crippen LogP contribution in [0.3, 0.4) is 0 Å². The Labute approximate surface area is 114 Å². The number of nitrogens with one attached hydrogen (secondary N) is 1. The molecule has 0 saturated heterocycles.